The minimum absolute atomic E-state index is 0.107. The van der Waals surface area contributed by atoms with Gasteiger partial charge in [0.2, 0.25) is 5.91 Å². The zero-order chi connectivity index (χ0) is 14.1. The molecule has 1 rings (SSSR count). The normalized spacial score (nSPS) is 23.8. The van der Waals surface area contributed by atoms with E-state index in [2.05, 4.69) is 5.32 Å². The third-order valence-corrected chi connectivity index (χ3v) is 3.25. The molecule has 102 valence electrons. The predicted molar refractivity (Wildman–Crippen MR) is 63.7 cm³/mol. The Morgan fingerprint density at radius 2 is 1.94 bits per heavy atom. The van der Waals surface area contributed by atoms with E-state index < -0.39 is 29.5 Å². The Hall–Kier alpha value is -1.79. The van der Waals surface area contributed by atoms with Gasteiger partial charge >= 0.3 is 12.0 Å². The van der Waals surface area contributed by atoms with E-state index in [0.717, 1.165) is 0 Å². The van der Waals surface area contributed by atoms with Crippen molar-refractivity contribution in [2.24, 2.45) is 11.7 Å². The van der Waals surface area contributed by atoms with Crippen LogP contribution in [-0.2, 0) is 9.59 Å². The molecule has 0 aromatic heterocycles. The number of rotatable bonds is 3. The van der Waals surface area contributed by atoms with E-state index in [9.17, 15) is 14.4 Å². The molecule has 1 heterocycles. The van der Waals surface area contributed by atoms with Gasteiger partial charge in [-0.25, -0.2) is 9.59 Å². The van der Waals surface area contributed by atoms with Crippen molar-refractivity contribution >= 4 is 17.9 Å². The van der Waals surface area contributed by atoms with Crippen LogP contribution < -0.4 is 11.1 Å². The Morgan fingerprint density at radius 1 is 1.39 bits per heavy atom. The zero-order valence-electron chi connectivity index (χ0n) is 10.8. The molecule has 0 aromatic rings. The maximum Gasteiger partial charge on any atom is 0.326 e. The van der Waals surface area contributed by atoms with Crippen LogP contribution in [0.2, 0.25) is 0 Å². The number of carboxylic acid groups (broad SMARTS) is 1. The Morgan fingerprint density at radius 3 is 2.39 bits per heavy atom. The number of hydrogen-bond donors (Lipinski definition) is 3. The first-order chi connectivity index (χ1) is 8.16. The predicted octanol–water partition coefficient (Wildman–Crippen LogP) is -0.245. The van der Waals surface area contributed by atoms with E-state index >= 15 is 0 Å². The van der Waals surface area contributed by atoms with Crippen molar-refractivity contribution in [3.8, 4) is 0 Å². The standard InChI is InChI=1S/C11H19N3O4/c1-6-4-5-14(7(6)8(15)16)10(18)13-11(2,3)9(12)17/h6-7H,4-5H2,1-3H3,(H2,12,17)(H,13,18)(H,15,16). The van der Waals surface area contributed by atoms with Crippen molar-refractivity contribution in [2.45, 2.75) is 38.8 Å². The first-order valence-corrected chi connectivity index (χ1v) is 5.78. The number of carboxylic acids is 1. The van der Waals surface area contributed by atoms with E-state index in [1.807, 2.05) is 0 Å². The number of carbonyl (C=O) groups excluding carboxylic acids is 2. The number of carbonyl (C=O) groups is 3. The fourth-order valence-corrected chi connectivity index (χ4v) is 1.95. The van der Waals surface area contributed by atoms with Crippen LogP contribution in [0.25, 0.3) is 0 Å². The van der Waals surface area contributed by atoms with Crippen molar-refractivity contribution in [1.29, 1.82) is 0 Å². The number of likely N-dealkylation sites (tertiary alicyclic amines) is 1. The van der Waals surface area contributed by atoms with Crippen molar-refractivity contribution in [3.05, 3.63) is 0 Å². The van der Waals surface area contributed by atoms with Crippen LogP contribution in [0, 0.1) is 5.92 Å². The largest absolute Gasteiger partial charge is 0.480 e. The lowest BCUT2D eigenvalue weighted by Gasteiger charge is -2.29. The summed E-state index contributed by atoms with van der Waals surface area (Å²) in [6.07, 6.45) is 0.626. The molecule has 1 fully saturated rings. The van der Waals surface area contributed by atoms with Gasteiger partial charge in [-0.05, 0) is 26.2 Å². The molecule has 0 aliphatic carbocycles. The van der Waals surface area contributed by atoms with Gasteiger partial charge in [0.1, 0.15) is 11.6 Å². The highest BCUT2D eigenvalue weighted by Gasteiger charge is 2.41. The molecule has 0 spiro atoms. The maximum absolute atomic E-state index is 12.0. The summed E-state index contributed by atoms with van der Waals surface area (Å²) in [6.45, 7) is 5.09. The van der Waals surface area contributed by atoms with Crippen LogP contribution in [0.3, 0.4) is 0 Å². The number of hydrogen-bond acceptors (Lipinski definition) is 3. The molecule has 2 unspecified atom stereocenters. The van der Waals surface area contributed by atoms with Gasteiger partial charge in [-0.15, -0.1) is 0 Å². The summed E-state index contributed by atoms with van der Waals surface area (Å²) in [7, 11) is 0. The second kappa shape index (κ2) is 4.83. The molecule has 7 heteroatoms. The first-order valence-electron chi connectivity index (χ1n) is 5.78. The molecule has 18 heavy (non-hydrogen) atoms. The lowest BCUT2D eigenvalue weighted by molar-refractivity contribution is -0.142. The van der Waals surface area contributed by atoms with Crippen LogP contribution in [0.5, 0.6) is 0 Å². The highest BCUT2D eigenvalue weighted by atomic mass is 16.4. The molecule has 0 radical (unpaired) electrons. The van der Waals surface area contributed by atoms with Gasteiger partial charge in [-0.2, -0.15) is 0 Å². The summed E-state index contributed by atoms with van der Waals surface area (Å²) < 4.78 is 0. The quantitative estimate of drug-likeness (QED) is 0.647. The Kier molecular flexibility index (Phi) is 3.83. The van der Waals surface area contributed by atoms with Gasteiger partial charge in [0, 0.05) is 6.54 Å². The van der Waals surface area contributed by atoms with Gasteiger partial charge in [0.05, 0.1) is 0 Å². The van der Waals surface area contributed by atoms with Crippen LogP contribution >= 0.6 is 0 Å². The Labute approximate surface area is 105 Å². The number of aliphatic carboxylic acids is 1. The molecule has 1 aliphatic heterocycles. The average molecular weight is 257 g/mol. The molecule has 1 aliphatic rings. The van der Waals surface area contributed by atoms with Gasteiger partial charge in [0.15, 0.2) is 0 Å². The zero-order valence-corrected chi connectivity index (χ0v) is 10.8. The molecule has 0 bridgehead atoms. The summed E-state index contributed by atoms with van der Waals surface area (Å²) >= 11 is 0. The number of nitrogens with zero attached hydrogens (tertiary/aromatic N) is 1. The number of urea groups is 1. The average Bonchev–Trinajstić information content (AvgIpc) is 2.59. The van der Waals surface area contributed by atoms with Gasteiger partial charge < -0.3 is 21.1 Å². The second-order valence-corrected chi connectivity index (χ2v) is 5.16. The molecule has 3 amide bonds. The van der Waals surface area contributed by atoms with Crippen LogP contribution in [-0.4, -0.2) is 46.0 Å². The minimum atomic E-state index is -1.20. The second-order valence-electron chi connectivity index (χ2n) is 5.16. The molecule has 4 N–H and O–H groups in total. The van der Waals surface area contributed by atoms with Gasteiger partial charge in [-0.3, -0.25) is 4.79 Å². The summed E-state index contributed by atoms with van der Waals surface area (Å²) in [5.74, 6) is -1.81. The lowest BCUT2D eigenvalue weighted by Crippen LogP contribution is -2.58. The third-order valence-electron chi connectivity index (χ3n) is 3.25. The van der Waals surface area contributed by atoms with E-state index in [1.54, 1.807) is 6.92 Å². The highest BCUT2D eigenvalue weighted by molar-refractivity contribution is 5.90. The van der Waals surface area contributed by atoms with Crippen LogP contribution in [0.15, 0.2) is 0 Å². The third kappa shape index (κ3) is 2.72. The van der Waals surface area contributed by atoms with E-state index in [0.29, 0.717) is 13.0 Å². The van der Waals surface area contributed by atoms with E-state index in [4.69, 9.17) is 10.8 Å². The monoisotopic (exact) mass is 257 g/mol. The van der Waals surface area contributed by atoms with Crippen molar-refractivity contribution < 1.29 is 19.5 Å². The summed E-state index contributed by atoms with van der Waals surface area (Å²) in [5.41, 5.74) is 3.95. The molecular formula is C11H19N3O4. The smallest absolute Gasteiger partial charge is 0.326 e. The molecule has 1 saturated heterocycles. The van der Waals surface area contributed by atoms with Crippen molar-refractivity contribution in [1.82, 2.24) is 10.2 Å². The van der Waals surface area contributed by atoms with Crippen molar-refractivity contribution in [3.63, 3.8) is 0 Å². The Bertz CT molecular complexity index is 380. The number of nitrogens with two attached hydrogens (primary N) is 1. The number of nitrogens with one attached hydrogen (secondary N) is 1. The van der Waals surface area contributed by atoms with Gasteiger partial charge in [-0.1, -0.05) is 6.92 Å². The minimum Gasteiger partial charge on any atom is -0.480 e. The summed E-state index contributed by atoms with van der Waals surface area (Å²) in [5, 5.41) is 11.5. The van der Waals surface area contributed by atoms with Crippen LogP contribution in [0.1, 0.15) is 27.2 Å². The molecule has 0 saturated carbocycles. The van der Waals surface area contributed by atoms with Crippen LogP contribution in [0.4, 0.5) is 4.79 Å². The number of primary amides is 1. The molecular weight excluding hydrogens is 238 g/mol. The van der Waals surface area contributed by atoms with E-state index in [1.165, 1.54) is 18.7 Å². The molecule has 2 atom stereocenters. The maximum atomic E-state index is 12.0. The SMILES string of the molecule is CC1CCN(C(=O)NC(C)(C)C(N)=O)C1C(=O)O. The summed E-state index contributed by atoms with van der Waals surface area (Å²) in [6, 6.07) is -1.43. The number of amides is 3. The molecule has 0 aromatic carbocycles. The fourth-order valence-electron chi connectivity index (χ4n) is 1.95. The lowest BCUT2D eigenvalue weighted by atomic mass is 10.0. The van der Waals surface area contributed by atoms with Gasteiger partial charge in [0.25, 0.3) is 0 Å². The summed E-state index contributed by atoms with van der Waals surface area (Å²) in [4.78, 5) is 35.4. The fraction of sp³-hybridized carbons (Fsp3) is 0.727. The topological polar surface area (TPSA) is 113 Å². The Balaban J connectivity index is 2.79. The first kappa shape index (κ1) is 14.3. The molecule has 7 nitrogen and oxygen atoms in total. The van der Waals surface area contributed by atoms with E-state index in [-0.39, 0.29) is 5.92 Å². The van der Waals surface area contributed by atoms with Crippen molar-refractivity contribution in [2.75, 3.05) is 6.54 Å². The highest BCUT2D eigenvalue weighted by Crippen LogP contribution is 2.24.